The Balaban J connectivity index is 2.32. The quantitative estimate of drug-likeness (QED) is 0.921. The Labute approximate surface area is 120 Å². The van der Waals surface area contributed by atoms with Crippen LogP contribution < -0.4 is 10.5 Å². The molecule has 0 unspecified atom stereocenters. The molecule has 0 saturated carbocycles. The smallest absolute Gasteiger partial charge is 0.120 e. The summed E-state index contributed by atoms with van der Waals surface area (Å²) in [5.41, 5.74) is 6.89. The van der Waals surface area contributed by atoms with Gasteiger partial charge in [-0.1, -0.05) is 39.8 Å². The zero-order valence-corrected chi connectivity index (χ0v) is 12.4. The SMILES string of the molecule is COc1ccc(CN)c(Sc2cccc(Br)c2)c1. The van der Waals surface area contributed by atoms with Crippen LogP contribution in [0.5, 0.6) is 5.75 Å². The molecule has 0 amide bonds. The van der Waals surface area contributed by atoms with Crippen LogP contribution in [0.15, 0.2) is 56.7 Å². The summed E-state index contributed by atoms with van der Waals surface area (Å²) in [6, 6.07) is 14.2. The van der Waals surface area contributed by atoms with Gasteiger partial charge in [0.2, 0.25) is 0 Å². The number of nitrogens with two attached hydrogens (primary N) is 1. The molecular formula is C14H14BrNOS. The lowest BCUT2D eigenvalue weighted by Crippen LogP contribution is -1.98. The van der Waals surface area contributed by atoms with Gasteiger partial charge in [-0.25, -0.2) is 0 Å². The van der Waals surface area contributed by atoms with E-state index in [1.165, 1.54) is 4.90 Å². The topological polar surface area (TPSA) is 35.2 Å². The van der Waals surface area contributed by atoms with Gasteiger partial charge in [0.05, 0.1) is 7.11 Å². The fraction of sp³-hybridized carbons (Fsp3) is 0.143. The van der Waals surface area contributed by atoms with E-state index in [9.17, 15) is 0 Å². The average molecular weight is 324 g/mol. The summed E-state index contributed by atoms with van der Waals surface area (Å²) in [5, 5.41) is 0. The van der Waals surface area contributed by atoms with Gasteiger partial charge in [-0.15, -0.1) is 0 Å². The van der Waals surface area contributed by atoms with Gasteiger partial charge >= 0.3 is 0 Å². The van der Waals surface area contributed by atoms with Crippen LogP contribution in [-0.4, -0.2) is 7.11 Å². The van der Waals surface area contributed by atoms with Crippen molar-refractivity contribution in [1.82, 2.24) is 0 Å². The molecule has 0 spiro atoms. The van der Waals surface area contributed by atoms with Crippen LogP contribution >= 0.6 is 27.7 Å². The van der Waals surface area contributed by atoms with Gasteiger partial charge in [0.1, 0.15) is 5.75 Å². The Morgan fingerprint density at radius 1 is 1.22 bits per heavy atom. The van der Waals surface area contributed by atoms with Crippen LogP contribution in [0, 0.1) is 0 Å². The molecule has 0 fully saturated rings. The maximum Gasteiger partial charge on any atom is 0.120 e. The number of methoxy groups -OCH3 is 1. The summed E-state index contributed by atoms with van der Waals surface area (Å²) in [5.74, 6) is 0.852. The van der Waals surface area contributed by atoms with Gasteiger partial charge in [-0.05, 0) is 35.9 Å². The molecule has 2 aromatic rings. The van der Waals surface area contributed by atoms with Crippen molar-refractivity contribution in [3.63, 3.8) is 0 Å². The Morgan fingerprint density at radius 3 is 2.72 bits per heavy atom. The van der Waals surface area contributed by atoms with Crippen molar-refractivity contribution in [2.75, 3.05) is 7.11 Å². The highest BCUT2D eigenvalue weighted by Crippen LogP contribution is 2.34. The fourth-order valence-electron chi connectivity index (χ4n) is 1.58. The monoisotopic (exact) mass is 323 g/mol. The first-order chi connectivity index (χ1) is 8.72. The number of benzene rings is 2. The molecule has 0 radical (unpaired) electrons. The molecule has 2 nitrogen and oxygen atoms in total. The van der Waals surface area contributed by atoms with Gasteiger partial charge < -0.3 is 10.5 Å². The lowest BCUT2D eigenvalue weighted by molar-refractivity contribution is 0.413. The predicted molar refractivity (Wildman–Crippen MR) is 79.2 cm³/mol. The third-order valence-electron chi connectivity index (χ3n) is 2.52. The van der Waals surface area contributed by atoms with E-state index in [2.05, 4.69) is 28.1 Å². The minimum atomic E-state index is 0.528. The summed E-state index contributed by atoms with van der Waals surface area (Å²) in [4.78, 5) is 2.31. The summed E-state index contributed by atoms with van der Waals surface area (Å²) < 4.78 is 6.33. The third kappa shape index (κ3) is 3.28. The predicted octanol–water partition coefficient (Wildman–Crippen LogP) is 4.07. The average Bonchev–Trinajstić information content (AvgIpc) is 2.38. The molecule has 0 aromatic heterocycles. The molecule has 94 valence electrons. The van der Waals surface area contributed by atoms with Crippen LogP contribution in [0.1, 0.15) is 5.56 Å². The second kappa shape index (κ2) is 6.27. The van der Waals surface area contributed by atoms with Crippen molar-refractivity contribution in [2.24, 2.45) is 5.73 Å². The van der Waals surface area contributed by atoms with Gasteiger partial charge in [-0.3, -0.25) is 0 Å². The first-order valence-electron chi connectivity index (χ1n) is 5.53. The third-order valence-corrected chi connectivity index (χ3v) is 4.10. The van der Waals surface area contributed by atoms with E-state index >= 15 is 0 Å². The number of halogens is 1. The Kier molecular flexibility index (Phi) is 4.69. The van der Waals surface area contributed by atoms with Crippen LogP contribution in [0.4, 0.5) is 0 Å². The van der Waals surface area contributed by atoms with Crippen LogP contribution in [0.3, 0.4) is 0 Å². The summed E-state index contributed by atoms with van der Waals surface area (Å²) in [6.45, 7) is 0.528. The molecule has 0 heterocycles. The molecule has 0 saturated heterocycles. The molecule has 0 aliphatic rings. The lowest BCUT2D eigenvalue weighted by Gasteiger charge is -2.10. The van der Waals surface area contributed by atoms with Crippen molar-refractivity contribution in [3.05, 3.63) is 52.5 Å². The van der Waals surface area contributed by atoms with E-state index in [0.29, 0.717) is 6.54 Å². The molecule has 2 aromatic carbocycles. The molecular weight excluding hydrogens is 310 g/mol. The van der Waals surface area contributed by atoms with Crippen molar-refractivity contribution >= 4 is 27.7 Å². The molecule has 4 heteroatoms. The number of hydrogen-bond acceptors (Lipinski definition) is 3. The van der Waals surface area contributed by atoms with Crippen molar-refractivity contribution < 1.29 is 4.74 Å². The highest BCUT2D eigenvalue weighted by Gasteiger charge is 2.05. The van der Waals surface area contributed by atoms with Gasteiger partial charge in [-0.2, -0.15) is 0 Å². The zero-order valence-electron chi connectivity index (χ0n) is 10.0. The van der Waals surface area contributed by atoms with Crippen molar-refractivity contribution in [3.8, 4) is 5.75 Å². The van der Waals surface area contributed by atoms with Gasteiger partial charge in [0, 0.05) is 20.8 Å². The Morgan fingerprint density at radius 2 is 2.06 bits per heavy atom. The number of hydrogen-bond donors (Lipinski definition) is 1. The number of ether oxygens (including phenoxy) is 1. The molecule has 0 bridgehead atoms. The summed E-state index contributed by atoms with van der Waals surface area (Å²) >= 11 is 5.17. The molecule has 0 aliphatic heterocycles. The van der Waals surface area contributed by atoms with E-state index < -0.39 is 0 Å². The minimum absolute atomic E-state index is 0.528. The molecule has 2 N–H and O–H groups in total. The minimum Gasteiger partial charge on any atom is -0.497 e. The summed E-state index contributed by atoms with van der Waals surface area (Å²) in [7, 11) is 1.67. The molecule has 0 atom stereocenters. The normalized spacial score (nSPS) is 10.4. The van der Waals surface area contributed by atoms with E-state index in [1.807, 2.05) is 30.3 Å². The maximum absolute atomic E-state index is 5.76. The van der Waals surface area contributed by atoms with E-state index in [-0.39, 0.29) is 0 Å². The lowest BCUT2D eigenvalue weighted by atomic mass is 10.2. The molecule has 18 heavy (non-hydrogen) atoms. The van der Waals surface area contributed by atoms with Crippen LogP contribution in [0.2, 0.25) is 0 Å². The van der Waals surface area contributed by atoms with Crippen molar-refractivity contribution in [1.29, 1.82) is 0 Å². The number of rotatable bonds is 4. The Bertz CT molecular complexity index is 545. The highest BCUT2D eigenvalue weighted by atomic mass is 79.9. The first kappa shape index (κ1) is 13.5. The second-order valence-corrected chi connectivity index (χ2v) is 5.77. The van der Waals surface area contributed by atoms with E-state index in [1.54, 1.807) is 18.9 Å². The highest BCUT2D eigenvalue weighted by molar-refractivity contribution is 9.10. The van der Waals surface area contributed by atoms with Crippen LogP contribution in [-0.2, 0) is 6.54 Å². The Hall–Kier alpha value is -0.970. The van der Waals surface area contributed by atoms with Gasteiger partial charge in [0.25, 0.3) is 0 Å². The van der Waals surface area contributed by atoms with Gasteiger partial charge in [0.15, 0.2) is 0 Å². The standard InChI is InChI=1S/C14H14BrNOS/c1-17-12-6-5-10(9-16)14(8-12)18-13-4-2-3-11(15)7-13/h2-8H,9,16H2,1H3. The maximum atomic E-state index is 5.76. The van der Waals surface area contributed by atoms with Crippen molar-refractivity contribution in [2.45, 2.75) is 16.3 Å². The largest absolute Gasteiger partial charge is 0.497 e. The molecule has 0 aliphatic carbocycles. The van der Waals surface area contributed by atoms with E-state index in [0.717, 1.165) is 20.7 Å². The fourth-order valence-corrected chi connectivity index (χ4v) is 3.18. The first-order valence-corrected chi connectivity index (χ1v) is 7.14. The second-order valence-electron chi connectivity index (χ2n) is 3.74. The van der Waals surface area contributed by atoms with Crippen LogP contribution in [0.25, 0.3) is 0 Å². The van der Waals surface area contributed by atoms with E-state index in [4.69, 9.17) is 10.5 Å². The molecule has 2 rings (SSSR count). The zero-order chi connectivity index (χ0) is 13.0. The summed E-state index contributed by atoms with van der Waals surface area (Å²) in [6.07, 6.45) is 0.